The molecule has 0 aliphatic heterocycles. The van der Waals surface area contributed by atoms with Crippen LogP contribution in [0.1, 0.15) is 11.1 Å². The lowest BCUT2D eigenvalue weighted by Gasteiger charge is -1.98. The summed E-state index contributed by atoms with van der Waals surface area (Å²) in [6.07, 6.45) is 0.0458. The first-order chi connectivity index (χ1) is 5.27. The van der Waals surface area contributed by atoms with Crippen LogP contribution < -0.4 is 0 Å². The second kappa shape index (κ2) is 2.22. The van der Waals surface area contributed by atoms with Gasteiger partial charge >= 0.3 is 0 Å². The molecule has 0 bridgehead atoms. The molecule has 11 heavy (non-hydrogen) atoms. The van der Waals surface area contributed by atoms with Crippen LogP contribution in [0.4, 0.5) is 4.39 Å². The maximum absolute atomic E-state index is 12.8. The summed E-state index contributed by atoms with van der Waals surface area (Å²) in [5.74, 6) is 0.239. The Morgan fingerprint density at radius 2 is 2.18 bits per heavy atom. The fourth-order valence-electron chi connectivity index (χ4n) is 1.58. The van der Waals surface area contributed by atoms with Crippen LogP contribution >= 0.6 is 0 Å². The molecule has 58 valence electrons. The summed E-state index contributed by atoms with van der Waals surface area (Å²) in [5.41, 5.74) is 1.75. The van der Waals surface area contributed by atoms with Crippen LogP contribution in [0.25, 0.3) is 0 Å². The number of hydrogen-bond acceptors (Lipinski definition) is 1. The Hall–Kier alpha value is -1.05. The van der Waals surface area contributed by atoms with Gasteiger partial charge in [-0.2, -0.15) is 0 Å². The van der Waals surface area contributed by atoms with Gasteiger partial charge in [0.25, 0.3) is 0 Å². The highest BCUT2D eigenvalue weighted by Crippen LogP contribution is 2.30. The van der Waals surface area contributed by atoms with Crippen LogP contribution in [-0.2, 0) is 12.8 Å². The molecule has 1 aromatic rings. The van der Waals surface area contributed by atoms with E-state index in [2.05, 4.69) is 0 Å². The van der Waals surface area contributed by atoms with Gasteiger partial charge in [-0.15, -0.1) is 0 Å². The largest absolute Gasteiger partial charge is 0.508 e. The molecule has 1 unspecified atom stereocenters. The van der Waals surface area contributed by atoms with Gasteiger partial charge in [0.2, 0.25) is 0 Å². The topological polar surface area (TPSA) is 20.2 Å². The molecule has 1 N–H and O–H groups in total. The number of rotatable bonds is 0. The van der Waals surface area contributed by atoms with E-state index in [-0.39, 0.29) is 5.75 Å². The van der Waals surface area contributed by atoms with Crippen LogP contribution in [-0.4, -0.2) is 11.3 Å². The van der Waals surface area contributed by atoms with Crippen molar-refractivity contribution in [3.63, 3.8) is 0 Å². The van der Waals surface area contributed by atoms with E-state index in [9.17, 15) is 9.50 Å². The number of fused-ring (bicyclic) bond motifs is 1. The number of halogens is 1. The van der Waals surface area contributed by atoms with Crippen LogP contribution in [0, 0.1) is 0 Å². The summed E-state index contributed by atoms with van der Waals surface area (Å²) in [6, 6.07) is 5.23. The van der Waals surface area contributed by atoms with Gasteiger partial charge in [0.1, 0.15) is 11.9 Å². The van der Waals surface area contributed by atoms with Crippen molar-refractivity contribution in [1.82, 2.24) is 0 Å². The van der Waals surface area contributed by atoms with E-state index in [0.29, 0.717) is 12.8 Å². The molecular weight excluding hydrogens is 143 g/mol. The molecule has 0 heterocycles. The molecule has 0 amide bonds. The average molecular weight is 152 g/mol. The number of aromatic hydroxyl groups is 1. The van der Waals surface area contributed by atoms with Crippen molar-refractivity contribution in [2.45, 2.75) is 19.0 Å². The molecule has 0 radical (unpaired) electrons. The van der Waals surface area contributed by atoms with E-state index in [1.807, 2.05) is 6.07 Å². The van der Waals surface area contributed by atoms with E-state index in [1.165, 1.54) is 0 Å². The maximum atomic E-state index is 12.8. The number of alkyl halides is 1. The predicted octanol–water partition coefficient (Wildman–Crippen LogP) is 1.83. The van der Waals surface area contributed by atoms with Crippen LogP contribution in [0.15, 0.2) is 18.2 Å². The molecule has 2 rings (SSSR count). The number of phenols is 1. The van der Waals surface area contributed by atoms with Gasteiger partial charge in [-0.25, -0.2) is 4.39 Å². The first kappa shape index (κ1) is 6.65. The molecule has 0 saturated heterocycles. The zero-order chi connectivity index (χ0) is 7.84. The van der Waals surface area contributed by atoms with Crippen molar-refractivity contribution < 1.29 is 9.50 Å². The van der Waals surface area contributed by atoms with E-state index < -0.39 is 6.17 Å². The Balaban J connectivity index is 2.49. The van der Waals surface area contributed by atoms with Crippen LogP contribution in [0.5, 0.6) is 5.75 Å². The van der Waals surface area contributed by atoms with Crippen molar-refractivity contribution in [2.24, 2.45) is 0 Å². The standard InChI is InChI=1S/C9H9FO/c10-7-4-6-2-1-3-9(11)8(6)5-7/h1-3,7,11H,4-5H2. The molecule has 1 atom stereocenters. The highest BCUT2D eigenvalue weighted by molar-refractivity contribution is 5.43. The first-order valence-electron chi connectivity index (χ1n) is 3.71. The maximum Gasteiger partial charge on any atom is 0.119 e. The third-order valence-corrected chi connectivity index (χ3v) is 2.12. The minimum atomic E-state index is -0.793. The van der Waals surface area contributed by atoms with Gasteiger partial charge in [-0.05, 0) is 11.6 Å². The van der Waals surface area contributed by atoms with E-state index in [4.69, 9.17) is 0 Å². The predicted molar refractivity (Wildman–Crippen MR) is 40.4 cm³/mol. The zero-order valence-electron chi connectivity index (χ0n) is 6.05. The smallest absolute Gasteiger partial charge is 0.119 e. The minimum Gasteiger partial charge on any atom is -0.508 e. The Labute approximate surface area is 64.5 Å². The summed E-state index contributed by atoms with van der Waals surface area (Å²) in [4.78, 5) is 0. The average Bonchev–Trinajstić information content (AvgIpc) is 2.31. The molecule has 1 aliphatic carbocycles. The van der Waals surface area contributed by atoms with Gasteiger partial charge in [0.05, 0.1) is 0 Å². The molecule has 1 aromatic carbocycles. The second-order valence-electron chi connectivity index (χ2n) is 2.92. The van der Waals surface area contributed by atoms with E-state index in [1.54, 1.807) is 12.1 Å². The molecule has 1 aliphatic rings. The summed E-state index contributed by atoms with van der Waals surface area (Å²) < 4.78 is 12.8. The lowest BCUT2D eigenvalue weighted by molar-refractivity contribution is 0.346. The highest BCUT2D eigenvalue weighted by atomic mass is 19.1. The molecular formula is C9H9FO. The Kier molecular flexibility index (Phi) is 1.34. The molecule has 1 nitrogen and oxygen atoms in total. The van der Waals surface area contributed by atoms with Crippen LogP contribution in [0.3, 0.4) is 0 Å². The summed E-state index contributed by atoms with van der Waals surface area (Å²) in [5, 5.41) is 9.28. The van der Waals surface area contributed by atoms with Gasteiger partial charge < -0.3 is 5.11 Å². The van der Waals surface area contributed by atoms with Gasteiger partial charge in [-0.3, -0.25) is 0 Å². The number of benzene rings is 1. The fraction of sp³-hybridized carbons (Fsp3) is 0.333. The molecule has 0 aromatic heterocycles. The third-order valence-electron chi connectivity index (χ3n) is 2.12. The first-order valence-corrected chi connectivity index (χ1v) is 3.71. The quantitative estimate of drug-likeness (QED) is 0.601. The van der Waals surface area contributed by atoms with Crippen LogP contribution in [0.2, 0.25) is 0 Å². The van der Waals surface area contributed by atoms with Gasteiger partial charge in [0, 0.05) is 18.4 Å². The molecule has 0 saturated carbocycles. The highest BCUT2D eigenvalue weighted by Gasteiger charge is 2.22. The lowest BCUT2D eigenvalue weighted by atomic mass is 10.1. The molecule has 2 heteroatoms. The van der Waals surface area contributed by atoms with Crippen molar-refractivity contribution in [3.05, 3.63) is 29.3 Å². The van der Waals surface area contributed by atoms with E-state index >= 15 is 0 Å². The normalized spacial score (nSPS) is 21.7. The van der Waals surface area contributed by atoms with Crippen molar-refractivity contribution in [1.29, 1.82) is 0 Å². The fourth-order valence-corrected chi connectivity index (χ4v) is 1.58. The monoisotopic (exact) mass is 152 g/mol. The van der Waals surface area contributed by atoms with Crippen molar-refractivity contribution in [2.75, 3.05) is 0 Å². The zero-order valence-corrected chi connectivity index (χ0v) is 6.05. The minimum absolute atomic E-state index is 0.239. The lowest BCUT2D eigenvalue weighted by Crippen LogP contribution is -1.95. The molecule has 0 fully saturated rings. The van der Waals surface area contributed by atoms with Crippen molar-refractivity contribution in [3.8, 4) is 5.75 Å². The SMILES string of the molecule is Oc1cccc2c1CC(F)C2. The number of phenolic OH excluding ortho intramolecular Hbond substituents is 1. The Morgan fingerprint density at radius 1 is 1.36 bits per heavy atom. The molecule has 0 spiro atoms. The van der Waals surface area contributed by atoms with Gasteiger partial charge in [-0.1, -0.05) is 12.1 Å². The number of hydrogen-bond donors (Lipinski definition) is 1. The van der Waals surface area contributed by atoms with Gasteiger partial charge in [0.15, 0.2) is 0 Å². The van der Waals surface area contributed by atoms with Crippen molar-refractivity contribution >= 4 is 0 Å². The summed E-state index contributed by atoms with van der Waals surface area (Å²) in [7, 11) is 0. The Morgan fingerprint density at radius 3 is 2.91 bits per heavy atom. The van der Waals surface area contributed by atoms with E-state index in [0.717, 1.165) is 11.1 Å². The third kappa shape index (κ3) is 0.985. The Bertz CT molecular complexity index is 283. The summed E-state index contributed by atoms with van der Waals surface area (Å²) in [6.45, 7) is 0. The second-order valence-corrected chi connectivity index (χ2v) is 2.92. The summed E-state index contributed by atoms with van der Waals surface area (Å²) >= 11 is 0.